The smallest absolute Gasteiger partial charge is 0.208 e. The molecule has 0 fully saturated rings. The minimum Gasteiger partial charge on any atom is -0.455 e. The normalized spacial score (nSPS) is 13.2. The highest BCUT2D eigenvalue weighted by molar-refractivity contribution is 6.32. The molecule has 1 aromatic carbocycles. The van der Waals surface area contributed by atoms with Crippen molar-refractivity contribution >= 4 is 11.6 Å². The van der Waals surface area contributed by atoms with Crippen molar-refractivity contribution in [1.29, 1.82) is 0 Å². The lowest BCUT2D eigenvalue weighted by Crippen LogP contribution is -1.96. The van der Waals surface area contributed by atoms with E-state index < -0.39 is 0 Å². The summed E-state index contributed by atoms with van der Waals surface area (Å²) in [6.45, 7) is 0. The summed E-state index contributed by atoms with van der Waals surface area (Å²) >= 11 is 5.79. The first-order chi connectivity index (χ1) is 5.38. The summed E-state index contributed by atoms with van der Waals surface area (Å²) in [5.74, 6) is 1.15. The molecular formula is C8H4ClO2. The van der Waals surface area contributed by atoms with Gasteiger partial charge in [-0.1, -0.05) is 17.7 Å². The van der Waals surface area contributed by atoms with Gasteiger partial charge in [0.2, 0.25) is 6.26 Å². The van der Waals surface area contributed by atoms with E-state index in [1.807, 2.05) is 0 Å². The Balaban J connectivity index is 2.54. The molecule has 0 atom stereocenters. The van der Waals surface area contributed by atoms with Crippen molar-refractivity contribution in [3.8, 4) is 11.5 Å². The topological polar surface area (TPSA) is 18.5 Å². The maximum Gasteiger partial charge on any atom is 0.208 e. The molecule has 0 saturated carbocycles. The van der Waals surface area contributed by atoms with Crippen molar-refractivity contribution in [1.82, 2.24) is 0 Å². The SMILES string of the molecule is Clc1cccc2c1OC=[C]O2. The largest absolute Gasteiger partial charge is 0.455 e. The van der Waals surface area contributed by atoms with Crippen LogP contribution in [0.25, 0.3) is 0 Å². The average Bonchev–Trinajstić information content (AvgIpc) is 2.06. The summed E-state index contributed by atoms with van der Waals surface area (Å²) in [6, 6.07) is 5.29. The van der Waals surface area contributed by atoms with Gasteiger partial charge in [-0.25, -0.2) is 0 Å². The van der Waals surface area contributed by atoms with Gasteiger partial charge in [0, 0.05) is 0 Å². The molecule has 0 spiro atoms. The molecular weight excluding hydrogens is 164 g/mol. The molecule has 1 aliphatic rings. The molecule has 0 N–H and O–H groups in total. The number of para-hydroxylation sites is 1. The van der Waals surface area contributed by atoms with Gasteiger partial charge in [-0.2, -0.15) is 0 Å². The lowest BCUT2D eigenvalue weighted by Gasteiger charge is -2.11. The van der Waals surface area contributed by atoms with Gasteiger partial charge >= 0.3 is 0 Å². The molecule has 1 aromatic rings. The first-order valence-corrected chi connectivity index (χ1v) is 3.45. The van der Waals surface area contributed by atoms with E-state index in [1.54, 1.807) is 18.2 Å². The maximum atomic E-state index is 5.79. The van der Waals surface area contributed by atoms with Crippen LogP contribution in [0.5, 0.6) is 11.5 Å². The van der Waals surface area contributed by atoms with Crippen molar-refractivity contribution in [3.05, 3.63) is 35.7 Å². The van der Waals surface area contributed by atoms with Gasteiger partial charge in [-0.15, -0.1) is 0 Å². The van der Waals surface area contributed by atoms with Gasteiger partial charge in [0.05, 0.1) is 5.02 Å². The zero-order valence-electron chi connectivity index (χ0n) is 5.50. The van der Waals surface area contributed by atoms with Gasteiger partial charge in [-0.3, -0.25) is 0 Å². The molecule has 0 saturated heterocycles. The third kappa shape index (κ3) is 1.05. The number of hydrogen-bond donors (Lipinski definition) is 0. The second kappa shape index (κ2) is 2.47. The molecule has 2 nitrogen and oxygen atoms in total. The van der Waals surface area contributed by atoms with Gasteiger partial charge in [0.15, 0.2) is 11.5 Å². The van der Waals surface area contributed by atoms with Crippen LogP contribution >= 0.6 is 11.6 Å². The van der Waals surface area contributed by atoms with Crippen molar-refractivity contribution in [2.75, 3.05) is 0 Å². The Morgan fingerprint density at radius 3 is 3.09 bits per heavy atom. The molecule has 1 aliphatic heterocycles. The number of ether oxygens (including phenoxy) is 2. The molecule has 1 radical (unpaired) electrons. The van der Waals surface area contributed by atoms with Gasteiger partial charge in [0.1, 0.15) is 6.26 Å². The van der Waals surface area contributed by atoms with Crippen molar-refractivity contribution in [2.45, 2.75) is 0 Å². The highest BCUT2D eigenvalue weighted by atomic mass is 35.5. The predicted octanol–water partition coefficient (Wildman–Crippen LogP) is 2.39. The summed E-state index contributed by atoms with van der Waals surface area (Å²) in [4.78, 5) is 0. The van der Waals surface area contributed by atoms with Gasteiger partial charge in [0.25, 0.3) is 0 Å². The van der Waals surface area contributed by atoms with E-state index in [0.29, 0.717) is 16.5 Å². The van der Waals surface area contributed by atoms with E-state index >= 15 is 0 Å². The van der Waals surface area contributed by atoms with Crippen LogP contribution in [0, 0.1) is 6.26 Å². The number of benzene rings is 1. The van der Waals surface area contributed by atoms with Crippen LogP contribution in [0.4, 0.5) is 0 Å². The third-order valence-corrected chi connectivity index (χ3v) is 1.62. The summed E-state index contributed by atoms with van der Waals surface area (Å²) < 4.78 is 10.1. The zero-order valence-corrected chi connectivity index (χ0v) is 6.26. The monoisotopic (exact) mass is 167 g/mol. The van der Waals surface area contributed by atoms with Gasteiger partial charge < -0.3 is 9.47 Å². The van der Waals surface area contributed by atoms with E-state index in [-0.39, 0.29) is 0 Å². The molecule has 0 amide bonds. The maximum absolute atomic E-state index is 5.79. The Labute approximate surface area is 69.0 Å². The number of hydrogen-bond acceptors (Lipinski definition) is 2. The first kappa shape index (κ1) is 6.55. The van der Waals surface area contributed by atoms with Crippen LogP contribution in [-0.4, -0.2) is 0 Å². The van der Waals surface area contributed by atoms with Crippen LogP contribution in [0.3, 0.4) is 0 Å². The fraction of sp³-hybridized carbons (Fsp3) is 0. The van der Waals surface area contributed by atoms with E-state index in [4.69, 9.17) is 21.1 Å². The van der Waals surface area contributed by atoms with E-state index in [2.05, 4.69) is 6.26 Å². The second-order valence-electron chi connectivity index (χ2n) is 2.02. The Morgan fingerprint density at radius 2 is 2.27 bits per heavy atom. The number of fused-ring (bicyclic) bond motifs is 1. The lowest BCUT2D eigenvalue weighted by atomic mass is 10.3. The summed E-state index contributed by atoms with van der Waals surface area (Å²) in [6.07, 6.45) is 3.79. The van der Waals surface area contributed by atoms with Crippen molar-refractivity contribution in [3.63, 3.8) is 0 Å². The van der Waals surface area contributed by atoms with E-state index in [9.17, 15) is 0 Å². The minimum atomic E-state index is 0.542. The highest BCUT2D eigenvalue weighted by Crippen LogP contribution is 2.36. The summed E-state index contributed by atoms with van der Waals surface area (Å²) in [5.41, 5.74) is 0. The van der Waals surface area contributed by atoms with Crippen molar-refractivity contribution in [2.24, 2.45) is 0 Å². The first-order valence-electron chi connectivity index (χ1n) is 3.07. The molecule has 0 unspecified atom stereocenters. The zero-order chi connectivity index (χ0) is 7.68. The molecule has 0 aromatic heterocycles. The quantitative estimate of drug-likeness (QED) is 0.591. The lowest BCUT2D eigenvalue weighted by molar-refractivity contribution is 0.343. The Morgan fingerprint density at radius 1 is 1.36 bits per heavy atom. The summed E-state index contributed by atoms with van der Waals surface area (Å²) in [7, 11) is 0. The average molecular weight is 168 g/mol. The molecule has 3 heteroatoms. The third-order valence-electron chi connectivity index (χ3n) is 1.32. The minimum absolute atomic E-state index is 0.542. The fourth-order valence-corrected chi connectivity index (χ4v) is 1.06. The highest BCUT2D eigenvalue weighted by Gasteiger charge is 2.11. The summed E-state index contributed by atoms with van der Waals surface area (Å²) in [5, 5.41) is 0.542. The van der Waals surface area contributed by atoms with Crippen molar-refractivity contribution < 1.29 is 9.47 Å². The Bertz CT molecular complexity index is 307. The predicted molar refractivity (Wildman–Crippen MR) is 40.5 cm³/mol. The van der Waals surface area contributed by atoms with Gasteiger partial charge in [-0.05, 0) is 12.1 Å². The molecule has 0 aliphatic carbocycles. The molecule has 2 rings (SSSR count). The number of rotatable bonds is 0. The van der Waals surface area contributed by atoms with E-state index in [1.165, 1.54) is 6.26 Å². The van der Waals surface area contributed by atoms with Crippen LogP contribution in [0.2, 0.25) is 5.02 Å². The molecule has 11 heavy (non-hydrogen) atoms. The Hall–Kier alpha value is -1.15. The van der Waals surface area contributed by atoms with Crippen LogP contribution in [0.15, 0.2) is 24.5 Å². The molecule has 0 bridgehead atoms. The standard InChI is InChI=1S/C8H4ClO2/c9-6-2-1-3-7-8(6)11-5-4-10-7/h1-3,5H. The van der Waals surface area contributed by atoms with E-state index in [0.717, 1.165) is 0 Å². The molecule has 1 heterocycles. The van der Waals surface area contributed by atoms with Crippen LogP contribution < -0.4 is 9.47 Å². The van der Waals surface area contributed by atoms with Crippen LogP contribution in [-0.2, 0) is 0 Å². The Kier molecular flexibility index (Phi) is 1.47. The molecule has 55 valence electrons. The second-order valence-corrected chi connectivity index (χ2v) is 2.43. The number of halogens is 1. The fourth-order valence-electron chi connectivity index (χ4n) is 0.854. The van der Waals surface area contributed by atoms with Crippen LogP contribution in [0.1, 0.15) is 0 Å².